The zero-order chi connectivity index (χ0) is 17.7. The summed E-state index contributed by atoms with van der Waals surface area (Å²) in [5.41, 5.74) is 5.31. The third-order valence-electron chi connectivity index (χ3n) is 5.16. The Morgan fingerprint density at radius 2 is 1.72 bits per heavy atom. The average molecular weight is 351 g/mol. The molecule has 2 aliphatic rings. The highest BCUT2D eigenvalue weighted by Crippen LogP contribution is 2.63. The van der Waals surface area contributed by atoms with Gasteiger partial charge in [-0.15, -0.1) is 0 Å². The Morgan fingerprint density at radius 3 is 2.24 bits per heavy atom. The zero-order valence-corrected chi connectivity index (χ0v) is 14.4. The lowest BCUT2D eigenvalue weighted by Crippen LogP contribution is -2.12. The number of sulfonamides is 1. The molecule has 1 aromatic carbocycles. The molecule has 2 aromatic rings. The molecular formula is C19H17N3O2S. The monoisotopic (exact) mass is 351 g/mol. The number of rotatable bonds is 3. The first-order valence-corrected chi connectivity index (χ1v) is 9.67. The van der Waals surface area contributed by atoms with Gasteiger partial charge < -0.3 is 0 Å². The molecular weight excluding hydrogens is 334 g/mol. The summed E-state index contributed by atoms with van der Waals surface area (Å²) in [6, 6.07) is 13.0. The third kappa shape index (κ3) is 2.97. The number of aromatic nitrogens is 1. The summed E-state index contributed by atoms with van der Waals surface area (Å²) in [4.78, 5) is 4.38. The van der Waals surface area contributed by atoms with Gasteiger partial charge in [-0.05, 0) is 72.1 Å². The van der Waals surface area contributed by atoms with Crippen molar-refractivity contribution >= 4 is 21.2 Å². The number of primary sulfonamides is 1. The van der Waals surface area contributed by atoms with Gasteiger partial charge in [0.1, 0.15) is 4.90 Å². The van der Waals surface area contributed by atoms with Crippen LogP contribution in [-0.4, -0.2) is 13.4 Å². The van der Waals surface area contributed by atoms with E-state index >= 15 is 0 Å². The molecule has 0 aliphatic heterocycles. The Morgan fingerprint density at radius 1 is 1.04 bits per heavy atom. The molecule has 4 rings (SSSR count). The number of nitrogens with zero attached hydrogens (tertiary/aromatic N) is 2. The average Bonchev–Trinajstić information content (AvgIpc) is 3.25. The Bertz CT molecular complexity index is 1010. The van der Waals surface area contributed by atoms with Gasteiger partial charge in [0.2, 0.25) is 10.0 Å². The van der Waals surface area contributed by atoms with E-state index in [2.05, 4.69) is 11.1 Å². The van der Waals surface area contributed by atoms with Crippen molar-refractivity contribution in [2.45, 2.75) is 30.6 Å². The lowest BCUT2D eigenvalue weighted by atomic mass is 9.98. The summed E-state index contributed by atoms with van der Waals surface area (Å²) in [5.74, 6) is 0. The van der Waals surface area contributed by atoms with Gasteiger partial charge in [-0.25, -0.2) is 13.6 Å². The van der Waals surface area contributed by atoms with Gasteiger partial charge in [0.15, 0.2) is 0 Å². The van der Waals surface area contributed by atoms with Crippen molar-refractivity contribution in [3.05, 3.63) is 59.4 Å². The van der Waals surface area contributed by atoms with E-state index in [4.69, 9.17) is 10.4 Å². The normalized spacial score (nSPS) is 18.4. The van der Waals surface area contributed by atoms with Gasteiger partial charge >= 0.3 is 0 Å². The summed E-state index contributed by atoms with van der Waals surface area (Å²) in [5, 5.41) is 14.1. The lowest BCUT2D eigenvalue weighted by Gasteiger charge is -2.08. The van der Waals surface area contributed by atoms with Gasteiger partial charge in [0.25, 0.3) is 0 Å². The molecule has 126 valence electrons. The highest BCUT2D eigenvalue weighted by molar-refractivity contribution is 7.89. The molecule has 0 saturated heterocycles. The molecule has 1 fully saturated rings. The Balaban J connectivity index is 1.76. The summed E-state index contributed by atoms with van der Waals surface area (Å²) >= 11 is 0. The summed E-state index contributed by atoms with van der Waals surface area (Å²) < 4.78 is 22.8. The Kier molecular flexibility index (Phi) is 3.53. The topological polar surface area (TPSA) is 96.8 Å². The van der Waals surface area contributed by atoms with Crippen LogP contribution in [0.15, 0.2) is 47.5 Å². The van der Waals surface area contributed by atoms with Crippen LogP contribution >= 0.6 is 0 Å². The van der Waals surface area contributed by atoms with Crippen molar-refractivity contribution in [1.29, 1.82) is 5.26 Å². The molecule has 1 aromatic heterocycles. The number of nitrogens with two attached hydrogens (primary N) is 1. The number of hydrogen-bond donors (Lipinski definition) is 1. The van der Waals surface area contributed by atoms with Crippen molar-refractivity contribution in [2.75, 3.05) is 0 Å². The molecule has 0 unspecified atom stereocenters. The number of pyridine rings is 1. The van der Waals surface area contributed by atoms with Crippen LogP contribution in [0.3, 0.4) is 0 Å². The third-order valence-corrected chi connectivity index (χ3v) is 6.06. The van der Waals surface area contributed by atoms with Crippen LogP contribution in [0, 0.1) is 16.7 Å². The van der Waals surface area contributed by atoms with E-state index in [0.717, 1.165) is 24.1 Å². The zero-order valence-electron chi connectivity index (χ0n) is 13.6. The summed E-state index contributed by atoms with van der Waals surface area (Å²) in [6.07, 6.45) is 5.72. The molecule has 5 nitrogen and oxygen atoms in total. The molecule has 6 heteroatoms. The fourth-order valence-corrected chi connectivity index (χ4v) is 4.01. The Hall–Kier alpha value is -2.49. The van der Waals surface area contributed by atoms with Crippen LogP contribution in [0.2, 0.25) is 0 Å². The van der Waals surface area contributed by atoms with Crippen molar-refractivity contribution in [3.8, 4) is 6.07 Å². The maximum Gasteiger partial charge on any atom is 0.239 e. The smallest absolute Gasteiger partial charge is 0.239 e. The SMILES string of the molecule is N#Cc1ccc(C2=C(c3ccc(S(N)(=O)=O)cn3)CC3(CC3)C2)cc1. The van der Waals surface area contributed by atoms with Crippen LogP contribution in [0.5, 0.6) is 0 Å². The minimum absolute atomic E-state index is 0.0240. The first-order valence-electron chi connectivity index (χ1n) is 8.12. The largest absolute Gasteiger partial charge is 0.255 e. The highest BCUT2D eigenvalue weighted by atomic mass is 32.2. The van der Waals surface area contributed by atoms with Crippen LogP contribution in [0.4, 0.5) is 0 Å². The van der Waals surface area contributed by atoms with Crippen molar-refractivity contribution < 1.29 is 8.42 Å². The Labute approximate surface area is 146 Å². The van der Waals surface area contributed by atoms with Gasteiger partial charge in [-0.2, -0.15) is 5.26 Å². The second-order valence-corrected chi connectivity index (χ2v) is 8.49. The second kappa shape index (κ2) is 5.51. The van der Waals surface area contributed by atoms with E-state index < -0.39 is 10.0 Å². The van der Waals surface area contributed by atoms with Crippen molar-refractivity contribution in [2.24, 2.45) is 10.6 Å². The fourth-order valence-electron chi connectivity index (χ4n) is 3.55. The predicted octanol–water partition coefficient (Wildman–Crippen LogP) is 3.09. The van der Waals surface area contributed by atoms with Crippen molar-refractivity contribution in [1.82, 2.24) is 4.98 Å². The molecule has 1 saturated carbocycles. The fraction of sp³-hybridized carbons (Fsp3) is 0.263. The molecule has 2 aliphatic carbocycles. The predicted molar refractivity (Wildman–Crippen MR) is 94.5 cm³/mol. The standard InChI is InChI=1S/C19H17N3O2S/c20-11-13-1-3-14(4-2-13)16-9-19(7-8-19)10-17(16)18-6-5-15(12-22-18)25(21,23)24/h1-6,12H,7-10H2,(H2,21,23,24). The van der Waals surface area contributed by atoms with E-state index in [0.29, 0.717) is 11.0 Å². The van der Waals surface area contributed by atoms with E-state index in [1.165, 1.54) is 36.3 Å². The van der Waals surface area contributed by atoms with Gasteiger partial charge in [-0.3, -0.25) is 4.98 Å². The van der Waals surface area contributed by atoms with E-state index in [1.54, 1.807) is 6.07 Å². The van der Waals surface area contributed by atoms with Crippen LogP contribution < -0.4 is 5.14 Å². The molecule has 2 N–H and O–H groups in total. The van der Waals surface area contributed by atoms with E-state index in [9.17, 15) is 8.42 Å². The first-order chi connectivity index (χ1) is 11.9. The van der Waals surface area contributed by atoms with Crippen LogP contribution in [-0.2, 0) is 10.0 Å². The molecule has 0 amide bonds. The number of allylic oxidation sites excluding steroid dienone is 2. The molecule has 0 atom stereocenters. The van der Waals surface area contributed by atoms with Crippen LogP contribution in [0.25, 0.3) is 11.1 Å². The summed E-state index contributed by atoms with van der Waals surface area (Å²) in [7, 11) is -3.74. The summed E-state index contributed by atoms with van der Waals surface area (Å²) in [6.45, 7) is 0. The van der Waals surface area contributed by atoms with E-state index in [-0.39, 0.29) is 4.90 Å². The first kappa shape index (κ1) is 16.0. The van der Waals surface area contributed by atoms with Crippen LogP contribution in [0.1, 0.15) is 42.5 Å². The van der Waals surface area contributed by atoms with Crippen molar-refractivity contribution in [3.63, 3.8) is 0 Å². The van der Waals surface area contributed by atoms with Gasteiger partial charge in [0.05, 0.1) is 17.3 Å². The number of nitriles is 1. The van der Waals surface area contributed by atoms with E-state index in [1.807, 2.05) is 24.3 Å². The molecule has 1 spiro atoms. The maximum absolute atomic E-state index is 11.4. The maximum atomic E-state index is 11.4. The lowest BCUT2D eigenvalue weighted by molar-refractivity contribution is 0.567. The van der Waals surface area contributed by atoms with Gasteiger partial charge in [-0.1, -0.05) is 12.1 Å². The molecule has 25 heavy (non-hydrogen) atoms. The minimum Gasteiger partial charge on any atom is -0.255 e. The second-order valence-electron chi connectivity index (χ2n) is 6.92. The minimum atomic E-state index is -3.74. The van der Waals surface area contributed by atoms with Gasteiger partial charge in [0, 0.05) is 6.20 Å². The number of hydrogen-bond acceptors (Lipinski definition) is 4. The quantitative estimate of drug-likeness (QED) is 0.919. The molecule has 0 radical (unpaired) electrons. The molecule has 1 heterocycles. The highest BCUT2D eigenvalue weighted by Gasteiger charge is 2.48. The number of benzene rings is 1. The molecule has 0 bridgehead atoms.